The number of carboxylic acid groups (broad SMARTS) is 1. The Morgan fingerprint density at radius 2 is 0.481 bits per heavy atom. The van der Waals surface area contributed by atoms with Crippen LogP contribution < -0.4 is 0 Å². The van der Waals surface area contributed by atoms with E-state index in [0.717, 1.165) is 0 Å². The molecule has 0 aliphatic heterocycles. The Bertz CT molecular complexity index is 785. The van der Waals surface area contributed by atoms with Gasteiger partial charge in [-0.05, 0) is 20.8 Å². The standard InChI is InChI=1S/C36H70O18/c1-36(2,3)54-35(39)5-7-41-9-11-43-13-15-45-17-19-47-21-23-49-25-27-51-29-31-53-33-32-52-30-28-50-26-24-48-22-20-46-18-16-44-14-12-42-10-8-40-6-4-34(37)38/h4-33H2,1-3H3,(H,37,38). The number of hydrogen-bond acceptors (Lipinski definition) is 17. The molecule has 0 aromatic carbocycles. The number of rotatable bonds is 45. The number of aliphatic carboxylic acids is 1. The molecule has 0 aromatic heterocycles. The van der Waals surface area contributed by atoms with Crippen molar-refractivity contribution >= 4 is 11.9 Å². The van der Waals surface area contributed by atoms with E-state index >= 15 is 0 Å². The summed E-state index contributed by atoms with van der Waals surface area (Å²) in [6.45, 7) is 18.1. The molecule has 18 heteroatoms. The van der Waals surface area contributed by atoms with Crippen molar-refractivity contribution in [1.29, 1.82) is 0 Å². The summed E-state index contributed by atoms with van der Waals surface area (Å²) in [6.07, 6.45) is 0.218. The predicted molar refractivity (Wildman–Crippen MR) is 194 cm³/mol. The van der Waals surface area contributed by atoms with Crippen LogP contribution in [0.15, 0.2) is 0 Å². The van der Waals surface area contributed by atoms with Gasteiger partial charge in [0.15, 0.2) is 0 Å². The molecule has 0 radical (unpaired) electrons. The van der Waals surface area contributed by atoms with Crippen LogP contribution in [0.2, 0.25) is 0 Å². The molecule has 0 spiro atoms. The van der Waals surface area contributed by atoms with Gasteiger partial charge in [0.05, 0.1) is 198 Å². The van der Waals surface area contributed by atoms with Crippen LogP contribution in [0.5, 0.6) is 0 Å². The molecule has 1 N–H and O–H groups in total. The van der Waals surface area contributed by atoms with Crippen molar-refractivity contribution in [3.8, 4) is 0 Å². The predicted octanol–water partition coefficient (Wildman–Crippen LogP) is 1.43. The lowest BCUT2D eigenvalue weighted by Gasteiger charge is -2.19. The number of ether oxygens (including phenoxy) is 15. The third-order valence-electron chi connectivity index (χ3n) is 6.17. The van der Waals surface area contributed by atoms with Crippen LogP contribution in [0, 0.1) is 0 Å². The van der Waals surface area contributed by atoms with Gasteiger partial charge in [0, 0.05) is 0 Å². The molecule has 0 atom stereocenters. The monoisotopic (exact) mass is 790 g/mol. The average Bonchev–Trinajstić information content (AvgIpc) is 3.12. The lowest BCUT2D eigenvalue weighted by atomic mass is 10.2. The molecule has 0 aliphatic carbocycles. The summed E-state index contributed by atoms with van der Waals surface area (Å²) in [5, 5.41) is 8.50. The first-order chi connectivity index (χ1) is 26.3. The summed E-state index contributed by atoms with van der Waals surface area (Å²) in [6, 6.07) is 0. The van der Waals surface area contributed by atoms with E-state index in [1.807, 2.05) is 20.8 Å². The molecule has 18 nitrogen and oxygen atoms in total. The van der Waals surface area contributed by atoms with Gasteiger partial charge >= 0.3 is 11.9 Å². The molecule has 0 unspecified atom stereocenters. The second kappa shape index (κ2) is 42.5. The lowest BCUT2D eigenvalue weighted by Crippen LogP contribution is -2.24. The van der Waals surface area contributed by atoms with Crippen LogP contribution in [0.4, 0.5) is 0 Å². The summed E-state index contributed by atoms with van der Waals surface area (Å²) in [4.78, 5) is 21.9. The molecular weight excluding hydrogens is 720 g/mol. The summed E-state index contributed by atoms with van der Waals surface area (Å²) < 4.78 is 81.0. The SMILES string of the molecule is CC(C)(C)OC(=O)CCOCCOCCOCCOCCOCCOCCOCCOCCOCCOCCOCCOCCOCCOCCC(=O)O. The number of hydrogen-bond donors (Lipinski definition) is 1. The highest BCUT2D eigenvalue weighted by Crippen LogP contribution is 2.08. The third kappa shape index (κ3) is 48.4. The van der Waals surface area contributed by atoms with E-state index in [1.54, 1.807) is 0 Å². The third-order valence-corrected chi connectivity index (χ3v) is 6.17. The van der Waals surface area contributed by atoms with Crippen LogP contribution in [0.3, 0.4) is 0 Å². The van der Waals surface area contributed by atoms with Crippen molar-refractivity contribution in [3.63, 3.8) is 0 Å². The van der Waals surface area contributed by atoms with E-state index in [0.29, 0.717) is 178 Å². The number of carbonyl (C=O) groups is 2. The Morgan fingerprint density at radius 1 is 0.315 bits per heavy atom. The number of esters is 1. The van der Waals surface area contributed by atoms with Gasteiger partial charge in [-0.2, -0.15) is 0 Å². The van der Waals surface area contributed by atoms with Crippen LogP contribution in [0.25, 0.3) is 0 Å². The van der Waals surface area contributed by atoms with Crippen molar-refractivity contribution in [2.75, 3.05) is 185 Å². The summed E-state index contributed by atoms with van der Waals surface area (Å²) in [7, 11) is 0. The van der Waals surface area contributed by atoms with Crippen molar-refractivity contribution in [2.24, 2.45) is 0 Å². The minimum atomic E-state index is -0.878. The largest absolute Gasteiger partial charge is 0.481 e. The molecule has 0 amide bonds. The normalized spacial score (nSPS) is 11.8. The second-order valence-electron chi connectivity index (χ2n) is 12.1. The van der Waals surface area contributed by atoms with Crippen LogP contribution in [0.1, 0.15) is 33.6 Å². The molecule has 0 fully saturated rings. The van der Waals surface area contributed by atoms with E-state index < -0.39 is 11.6 Å². The topological polar surface area (TPSA) is 193 Å². The van der Waals surface area contributed by atoms with Crippen LogP contribution in [-0.2, 0) is 80.6 Å². The molecule has 0 bridgehead atoms. The van der Waals surface area contributed by atoms with E-state index in [2.05, 4.69) is 0 Å². The van der Waals surface area contributed by atoms with Crippen molar-refractivity contribution in [2.45, 2.75) is 39.2 Å². The van der Waals surface area contributed by atoms with Gasteiger partial charge in [-0.3, -0.25) is 9.59 Å². The van der Waals surface area contributed by atoms with Gasteiger partial charge in [-0.1, -0.05) is 0 Å². The Morgan fingerprint density at radius 3 is 0.648 bits per heavy atom. The van der Waals surface area contributed by atoms with Crippen molar-refractivity contribution < 1.29 is 85.7 Å². The number of carbonyl (C=O) groups excluding carboxylic acids is 1. The summed E-state index contributed by atoms with van der Waals surface area (Å²) >= 11 is 0. The fraction of sp³-hybridized carbons (Fsp3) is 0.944. The Kier molecular flexibility index (Phi) is 41.2. The number of carboxylic acids is 1. The highest BCUT2D eigenvalue weighted by Gasteiger charge is 2.15. The smallest absolute Gasteiger partial charge is 0.308 e. The molecule has 0 aliphatic rings. The van der Waals surface area contributed by atoms with Gasteiger partial charge in [-0.25, -0.2) is 0 Å². The minimum absolute atomic E-state index is 0.00716. The van der Waals surface area contributed by atoms with Gasteiger partial charge in [0.25, 0.3) is 0 Å². The fourth-order valence-corrected chi connectivity index (χ4v) is 3.67. The zero-order valence-corrected chi connectivity index (χ0v) is 33.1. The quantitative estimate of drug-likeness (QED) is 0.0687. The van der Waals surface area contributed by atoms with E-state index in [1.165, 1.54) is 0 Å². The first-order valence-corrected chi connectivity index (χ1v) is 18.8. The first-order valence-electron chi connectivity index (χ1n) is 18.8. The van der Waals surface area contributed by atoms with Crippen LogP contribution >= 0.6 is 0 Å². The zero-order valence-electron chi connectivity index (χ0n) is 33.1. The highest BCUT2D eigenvalue weighted by atomic mass is 16.6. The molecule has 0 heterocycles. The molecule has 0 saturated heterocycles. The molecular formula is C36H70O18. The van der Waals surface area contributed by atoms with Gasteiger partial charge in [-0.15, -0.1) is 0 Å². The van der Waals surface area contributed by atoms with Gasteiger partial charge in [0.1, 0.15) is 5.60 Å². The second-order valence-corrected chi connectivity index (χ2v) is 12.1. The minimum Gasteiger partial charge on any atom is -0.481 e. The van der Waals surface area contributed by atoms with Crippen molar-refractivity contribution in [3.05, 3.63) is 0 Å². The maximum Gasteiger partial charge on any atom is 0.308 e. The molecule has 54 heavy (non-hydrogen) atoms. The first kappa shape index (κ1) is 52.4. The molecule has 322 valence electrons. The van der Waals surface area contributed by atoms with E-state index in [9.17, 15) is 9.59 Å². The maximum absolute atomic E-state index is 11.6. The zero-order chi connectivity index (χ0) is 39.5. The summed E-state index contributed by atoms with van der Waals surface area (Å²) in [5.74, 6) is -1.15. The van der Waals surface area contributed by atoms with Crippen LogP contribution in [-0.4, -0.2) is 208 Å². The molecule has 0 saturated carbocycles. The summed E-state index contributed by atoms with van der Waals surface area (Å²) in [5.41, 5.74) is -0.480. The Labute approximate surface area is 321 Å². The maximum atomic E-state index is 11.6. The fourth-order valence-electron chi connectivity index (χ4n) is 3.67. The lowest BCUT2D eigenvalue weighted by molar-refractivity contribution is -0.156. The van der Waals surface area contributed by atoms with E-state index in [4.69, 9.17) is 76.2 Å². The molecule has 0 rings (SSSR count). The van der Waals surface area contributed by atoms with Gasteiger partial charge < -0.3 is 76.2 Å². The average molecular weight is 791 g/mol. The van der Waals surface area contributed by atoms with Crippen molar-refractivity contribution in [1.82, 2.24) is 0 Å². The Balaban J connectivity index is 3.10. The molecule has 0 aromatic rings. The van der Waals surface area contributed by atoms with Gasteiger partial charge in [0.2, 0.25) is 0 Å². The highest BCUT2D eigenvalue weighted by molar-refractivity contribution is 5.69. The Hall–Kier alpha value is -1.62. The van der Waals surface area contributed by atoms with E-state index in [-0.39, 0.29) is 25.4 Å².